The van der Waals surface area contributed by atoms with Gasteiger partial charge in [0.05, 0.1) is 18.1 Å². The Balaban J connectivity index is 1.76. The summed E-state index contributed by atoms with van der Waals surface area (Å²) in [7, 11) is 1.25. The predicted octanol–water partition coefficient (Wildman–Crippen LogP) is 3.09. The van der Waals surface area contributed by atoms with Crippen molar-refractivity contribution in [2.75, 3.05) is 19.0 Å². The first-order chi connectivity index (χ1) is 12.9. The van der Waals surface area contributed by atoms with Crippen molar-refractivity contribution in [3.63, 3.8) is 0 Å². The summed E-state index contributed by atoms with van der Waals surface area (Å²) in [5, 5.41) is 14.0. The molecule has 3 rings (SSSR count). The first-order valence-electron chi connectivity index (χ1n) is 8.20. The van der Waals surface area contributed by atoms with Gasteiger partial charge in [0.2, 0.25) is 5.91 Å². The van der Waals surface area contributed by atoms with E-state index >= 15 is 0 Å². The molecule has 0 spiro atoms. The number of halogens is 2. The molecule has 142 valence electrons. The van der Waals surface area contributed by atoms with E-state index in [0.29, 0.717) is 19.5 Å². The van der Waals surface area contributed by atoms with Gasteiger partial charge in [-0.25, -0.2) is 8.78 Å². The number of hydrogen-bond donors (Lipinski definition) is 1. The number of likely N-dealkylation sites (tertiary alicyclic amines) is 1. The number of anilines is 1. The Kier molecular flexibility index (Phi) is 5.20. The molecule has 1 atom stereocenters. The molecular formula is C18H17F2N3O4. The second-order valence-corrected chi connectivity index (χ2v) is 6.13. The molecule has 0 aliphatic carbocycles. The average Bonchev–Trinajstić information content (AvgIpc) is 2.98. The van der Waals surface area contributed by atoms with Gasteiger partial charge in [0, 0.05) is 19.2 Å². The number of nitrogens with zero attached hydrogens (tertiary/aromatic N) is 2. The Bertz CT molecular complexity index is 874. The fraction of sp³-hybridized carbons (Fsp3) is 0.278. The number of nitro groups is 1. The summed E-state index contributed by atoms with van der Waals surface area (Å²) in [5.41, 5.74) is 0.318. The molecule has 1 fully saturated rings. The van der Waals surface area contributed by atoms with Crippen LogP contribution in [0.4, 0.5) is 20.2 Å². The van der Waals surface area contributed by atoms with Gasteiger partial charge in [0.25, 0.3) is 5.69 Å². The molecule has 0 radical (unpaired) electrons. The minimum Gasteiger partial charge on any atom is -0.494 e. The Morgan fingerprint density at radius 1 is 1.30 bits per heavy atom. The van der Waals surface area contributed by atoms with Crippen LogP contribution in [0.3, 0.4) is 0 Å². The zero-order valence-corrected chi connectivity index (χ0v) is 14.4. The van der Waals surface area contributed by atoms with Crippen LogP contribution in [0.25, 0.3) is 0 Å². The minimum atomic E-state index is -0.856. The summed E-state index contributed by atoms with van der Waals surface area (Å²) in [6, 6.07) is 7.08. The van der Waals surface area contributed by atoms with Crippen LogP contribution in [0.1, 0.15) is 12.0 Å². The molecule has 1 N–H and O–H groups in total. The largest absolute Gasteiger partial charge is 0.494 e. The Morgan fingerprint density at radius 2 is 2.00 bits per heavy atom. The third-order valence-electron chi connectivity index (χ3n) is 4.38. The number of rotatable bonds is 6. The van der Waals surface area contributed by atoms with Gasteiger partial charge in [0.15, 0.2) is 11.6 Å². The van der Waals surface area contributed by atoms with Crippen molar-refractivity contribution in [3.8, 4) is 5.75 Å². The van der Waals surface area contributed by atoms with E-state index in [1.54, 1.807) is 17.0 Å². The van der Waals surface area contributed by atoms with E-state index in [-0.39, 0.29) is 23.2 Å². The first kappa shape index (κ1) is 18.6. The lowest BCUT2D eigenvalue weighted by molar-refractivity contribution is -0.384. The van der Waals surface area contributed by atoms with Gasteiger partial charge < -0.3 is 15.0 Å². The third-order valence-corrected chi connectivity index (χ3v) is 4.38. The first-order valence-corrected chi connectivity index (χ1v) is 8.20. The molecule has 1 amide bonds. The van der Waals surface area contributed by atoms with Crippen LogP contribution >= 0.6 is 0 Å². The van der Waals surface area contributed by atoms with E-state index in [0.717, 1.165) is 11.6 Å². The summed E-state index contributed by atoms with van der Waals surface area (Å²) in [6.45, 7) is 0.756. The van der Waals surface area contributed by atoms with Crippen LogP contribution < -0.4 is 10.1 Å². The van der Waals surface area contributed by atoms with Gasteiger partial charge in [-0.1, -0.05) is 12.1 Å². The molecule has 1 saturated heterocycles. The van der Waals surface area contributed by atoms with E-state index in [1.165, 1.54) is 25.3 Å². The van der Waals surface area contributed by atoms with Gasteiger partial charge in [-0.05, 0) is 24.1 Å². The molecule has 2 aromatic rings. The van der Waals surface area contributed by atoms with E-state index in [1.807, 2.05) is 0 Å². The summed E-state index contributed by atoms with van der Waals surface area (Å²) in [5.74, 6) is -1.61. The summed E-state index contributed by atoms with van der Waals surface area (Å²) < 4.78 is 31.6. The van der Waals surface area contributed by atoms with Crippen molar-refractivity contribution < 1.29 is 23.2 Å². The number of carbonyl (C=O) groups excluding carboxylic acids is 1. The molecular weight excluding hydrogens is 360 g/mol. The number of benzene rings is 2. The Morgan fingerprint density at radius 3 is 2.63 bits per heavy atom. The Hall–Kier alpha value is -3.23. The molecule has 1 aliphatic heterocycles. The molecule has 1 heterocycles. The highest BCUT2D eigenvalue weighted by atomic mass is 19.1. The van der Waals surface area contributed by atoms with Gasteiger partial charge >= 0.3 is 0 Å². The summed E-state index contributed by atoms with van der Waals surface area (Å²) in [6.07, 6.45) is 0.427. The van der Waals surface area contributed by atoms with E-state index in [2.05, 4.69) is 5.32 Å². The SMILES string of the molecule is COc1cc(NC2CCN(Cc3ccc(F)cc3)C2=O)c([N+](=O)[O-])cc1F. The molecule has 2 aromatic carbocycles. The lowest BCUT2D eigenvalue weighted by Gasteiger charge is -2.18. The van der Waals surface area contributed by atoms with Crippen LogP contribution in [0, 0.1) is 21.7 Å². The monoisotopic (exact) mass is 377 g/mol. The molecule has 7 nitrogen and oxygen atoms in total. The van der Waals surface area contributed by atoms with Gasteiger partial charge in [-0.15, -0.1) is 0 Å². The fourth-order valence-corrected chi connectivity index (χ4v) is 2.99. The van der Waals surface area contributed by atoms with Crippen LogP contribution in [-0.2, 0) is 11.3 Å². The highest BCUT2D eigenvalue weighted by molar-refractivity contribution is 5.87. The van der Waals surface area contributed by atoms with E-state index in [9.17, 15) is 23.7 Å². The van der Waals surface area contributed by atoms with Crippen molar-refractivity contribution in [3.05, 3.63) is 63.7 Å². The number of amides is 1. The average molecular weight is 377 g/mol. The lowest BCUT2D eigenvalue weighted by atomic mass is 10.2. The smallest absolute Gasteiger partial charge is 0.295 e. The zero-order valence-electron chi connectivity index (χ0n) is 14.4. The quantitative estimate of drug-likeness (QED) is 0.618. The molecule has 27 heavy (non-hydrogen) atoms. The van der Waals surface area contributed by atoms with Crippen molar-refractivity contribution in [1.82, 2.24) is 4.90 Å². The standard InChI is InChI=1S/C18H17F2N3O4/c1-27-17-9-15(16(23(25)26)8-13(17)20)21-14-6-7-22(18(14)24)10-11-2-4-12(19)5-3-11/h2-5,8-9,14,21H,6-7,10H2,1H3. The Labute approximate surface area is 153 Å². The number of nitro benzene ring substituents is 1. The minimum absolute atomic E-state index is 0.0141. The number of nitrogens with one attached hydrogen (secondary N) is 1. The summed E-state index contributed by atoms with van der Waals surface area (Å²) in [4.78, 5) is 24.7. The third kappa shape index (κ3) is 3.97. The number of ether oxygens (including phenoxy) is 1. The van der Waals surface area contributed by atoms with Crippen molar-refractivity contribution >= 4 is 17.3 Å². The molecule has 0 bridgehead atoms. The second kappa shape index (κ2) is 7.56. The molecule has 1 aliphatic rings. The lowest BCUT2D eigenvalue weighted by Crippen LogP contribution is -2.33. The van der Waals surface area contributed by atoms with Crippen LogP contribution in [0.15, 0.2) is 36.4 Å². The van der Waals surface area contributed by atoms with Gasteiger partial charge in [-0.2, -0.15) is 0 Å². The normalized spacial score (nSPS) is 16.5. The van der Waals surface area contributed by atoms with Crippen molar-refractivity contribution in [2.45, 2.75) is 19.0 Å². The number of methoxy groups -OCH3 is 1. The molecule has 0 aromatic heterocycles. The molecule has 1 unspecified atom stereocenters. The maximum atomic E-state index is 13.8. The van der Waals surface area contributed by atoms with Gasteiger partial charge in [0.1, 0.15) is 17.5 Å². The maximum Gasteiger partial charge on any atom is 0.295 e. The molecule has 9 heteroatoms. The van der Waals surface area contributed by atoms with E-state index in [4.69, 9.17) is 4.74 Å². The second-order valence-electron chi connectivity index (χ2n) is 6.13. The maximum absolute atomic E-state index is 13.8. The van der Waals surface area contributed by atoms with Gasteiger partial charge in [-0.3, -0.25) is 14.9 Å². The van der Waals surface area contributed by atoms with Crippen molar-refractivity contribution in [2.24, 2.45) is 0 Å². The van der Waals surface area contributed by atoms with Crippen LogP contribution in [-0.4, -0.2) is 35.4 Å². The number of carbonyl (C=O) groups is 1. The summed E-state index contributed by atoms with van der Waals surface area (Å²) >= 11 is 0. The molecule has 0 saturated carbocycles. The topological polar surface area (TPSA) is 84.7 Å². The van der Waals surface area contributed by atoms with Crippen LogP contribution in [0.2, 0.25) is 0 Å². The van der Waals surface area contributed by atoms with Crippen molar-refractivity contribution in [1.29, 1.82) is 0 Å². The zero-order chi connectivity index (χ0) is 19.6. The van der Waals surface area contributed by atoms with Crippen LogP contribution in [0.5, 0.6) is 5.75 Å². The fourth-order valence-electron chi connectivity index (χ4n) is 2.99. The highest BCUT2D eigenvalue weighted by Gasteiger charge is 2.33. The highest BCUT2D eigenvalue weighted by Crippen LogP contribution is 2.33. The predicted molar refractivity (Wildman–Crippen MR) is 93.5 cm³/mol. The number of hydrogen-bond acceptors (Lipinski definition) is 5. The van der Waals surface area contributed by atoms with E-state index < -0.39 is 22.5 Å².